The number of amides is 2. The van der Waals surface area contributed by atoms with Crippen molar-refractivity contribution in [2.24, 2.45) is 0 Å². The highest BCUT2D eigenvalue weighted by molar-refractivity contribution is 6.00. The van der Waals surface area contributed by atoms with Gasteiger partial charge in [0.05, 0.1) is 11.4 Å². The SMILES string of the molecule is Cc1cc(C)n(-c2ccc(C(=O)N3CCCC34CCCN(C)C4=O)cc2)n1. The number of hydrogen-bond acceptors (Lipinski definition) is 3. The molecule has 142 valence electrons. The summed E-state index contributed by atoms with van der Waals surface area (Å²) in [6.07, 6.45) is 3.37. The third-order valence-electron chi connectivity index (χ3n) is 5.93. The van der Waals surface area contributed by atoms with Gasteiger partial charge in [0.15, 0.2) is 0 Å². The van der Waals surface area contributed by atoms with E-state index in [4.69, 9.17) is 0 Å². The number of carbonyl (C=O) groups excluding carboxylic acids is 2. The fraction of sp³-hybridized carbons (Fsp3) is 0.476. The summed E-state index contributed by atoms with van der Waals surface area (Å²) in [7, 11) is 1.84. The van der Waals surface area contributed by atoms with Crippen LogP contribution in [0.3, 0.4) is 0 Å². The van der Waals surface area contributed by atoms with Crippen molar-refractivity contribution in [3.05, 3.63) is 47.3 Å². The van der Waals surface area contributed by atoms with E-state index in [2.05, 4.69) is 5.10 Å². The predicted octanol–water partition coefficient (Wildman–Crippen LogP) is 2.72. The molecule has 1 aromatic heterocycles. The van der Waals surface area contributed by atoms with E-state index in [1.54, 1.807) is 4.90 Å². The van der Waals surface area contributed by atoms with Crippen molar-refractivity contribution in [1.82, 2.24) is 19.6 Å². The van der Waals surface area contributed by atoms with Crippen molar-refractivity contribution in [3.63, 3.8) is 0 Å². The van der Waals surface area contributed by atoms with E-state index in [9.17, 15) is 9.59 Å². The average Bonchev–Trinajstić information content (AvgIpc) is 3.22. The van der Waals surface area contributed by atoms with E-state index in [1.165, 1.54) is 0 Å². The Labute approximate surface area is 159 Å². The molecule has 0 radical (unpaired) electrons. The number of nitrogens with zero attached hydrogens (tertiary/aromatic N) is 4. The lowest BCUT2D eigenvalue weighted by Gasteiger charge is -2.43. The van der Waals surface area contributed by atoms with E-state index in [0.717, 1.165) is 49.3 Å². The zero-order valence-corrected chi connectivity index (χ0v) is 16.2. The Morgan fingerprint density at radius 2 is 1.74 bits per heavy atom. The van der Waals surface area contributed by atoms with Gasteiger partial charge in [0.2, 0.25) is 5.91 Å². The molecule has 0 aliphatic carbocycles. The second kappa shape index (κ2) is 6.51. The summed E-state index contributed by atoms with van der Waals surface area (Å²) < 4.78 is 1.88. The standard InChI is InChI=1S/C21H26N4O2/c1-15-14-16(2)25(22-15)18-8-6-17(7-9-18)19(26)24-13-5-11-21(24)10-4-12-23(3)20(21)27/h6-9,14H,4-5,10-13H2,1-3H3. The number of benzene rings is 1. The number of piperidine rings is 1. The zero-order chi connectivity index (χ0) is 19.2. The molecule has 0 N–H and O–H groups in total. The van der Waals surface area contributed by atoms with Gasteiger partial charge >= 0.3 is 0 Å². The van der Waals surface area contributed by atoms with Gasteiger partial charge in [0, 0.05) is 31.4 Å². The molecule has 0 saturated carbocycles. The fourth-order valence-corrected chi connectivity index (χ4v) is 4.62. The Morgan fingerprint density at radius 1 is 1.07 bits per heavy atom. The van der Waals surface area contributed by atoms with E-state index < -0.39 is 5.54 Å². The van der Waals surface area contributed by atoms with Crippen LogP contribution in [-0.2, 0) is 4.79 Å². The smallest absolute Gasteiger partial charge is 0.254 e. The van der Waals surface area contributed by atoms with Gasteiger partial charge in [-0.05, 0) is 69.9 Å². The minimum atomic E-state index is -0.640. The van der Waals surface area contributed by atoms with Crippen LogP contribution in [0.1, 0.15) is 47.4 Å². The molecule has 3 heterocycles. The largest absolute Gasteiger partial charge is 0.344 e. The summed E-state index contributed by atoms with van der Waals surface area (Å²) in [5.74, 6) is 0.0509. The molecule has 2 aliphatic heterocycles. The van der Waals surface area contributed by atoms with E-state index >= 15 is 0 Å². The summed E-state index contributed by atoms with van der Waals surface area (Å²) in [5, 5.41) is 4.49. The first-order valence-electron chi connectivity index (χ1n) is 9.64. The third-order valence-corrected chi connectivity index (χ3v) is 5.93. The van der Waals surface area contributed by atoms with Crippen LogP contribution in [-0.4, -0.2) is 57.1 Å². The Balaban J connectivity index is 1.61. The summed E-state index contributed by atoms with van der Waals surface area (Å²) in [4.78, 5) is 29.7. The molecule has 2 amide bonds. The van der Waals surface area contributed by atoms with Gasteiger partial charge in [-0.3, -0.25) is 9.59 Å². The van der Waals surface area contributed by atoms with Crippen molar-refractivity contribution in [2.75, 3.05) is 20.1 Å². The molecule has 1 atom stereocenters. The Bertz CT molecular complexity index is 886. The Morgan fingerprint density at radius 3 is 2.37 bits per heavy atom. The number of rotatable bonds is 2. The van der Waals surface area contributed by atoms with E-state index in [1.807, 2.05) is 60.8 Å². The first kappa shape index (κ1) is 17.8. The van der Waals surface area contributed by atoms with Gasteiger partial charge in [0.1, 0.15) is 5.54 Å². The lowest BCUT2D eigenvalue weighted by Crippen LogP contribution is -2.60. The maximum atomic E-state index is 13.2. The number of aryl methyl sites for hydroxylation is 2. The number of hydrogen-bond donors (Lipinski definition) is 0. The lowest BCUT2D eigenvalue weighted by molar-refractivity contribution is -0.144. The minimum absolute atomic E-state index is 0.0453. The summed E-state index contributed by atoms with van der Waals surface area (Å²) in [6, 6.07) is 9.56. The molecule has 1 aromatic carbocycles. The Kier molecular flexibility index (Phi) is 4.29. The average molecular weight is 366 g/mol. The molecule has 6 heteroatoms. The molecule has 0 bridgehead atoms. The van der Waals surface area contributed by atoms with Crippen LogP contribution in [0.4, 0.5) is 0 Å². The molecule has 1 unspecified atom stereocenters. The summed E-state index contributed by atoms with van der Waals surface area (Å²) in [6.45, 7) is 5.40. The summed E-state index contributed by atoms with van der Waals surface area (Å²) in [5.41, 5.74) is 2.94. The third kappa shape index (κ3) is 2.83. The Hall–Kier alpha value is -2.63. The van der Waals surface area contributed by atoms with E-state index in [-0.39, 0.29) is 11.8 Å². The zero-order valence-electron chi connectivity index (χ0n) is 16.2. The highest BCUT2D eigenvalue weighted by atomic mass is 16.2. The minimum Gasteiger partial charge on any atom is -0.344 e. The number of likely N-dealkylation sites (N-methyl/N-ethyl adjacent to an activating group) is 1. The van der Waals surface area contributed by atoms with Crippen LogP contribution in [0.15, 0.2) is 30.3 Å². The molecular formula is C21H26N4O2. The second-order valence-corrected chi connectivity index (χ2v) is 7.81. The van der Waals surface area contributed by atoms with Gasteiger partial charge in [-0.2, -0.15) is 5.10 Å². The fourth-order valence-electron chi connectivity index (χ4n) is 4.62. The second-order valence-electron chi connectivity index (χ2n) is 7.81. The number of likely N-dealkylation sites (tertiary alicyclic amines) is 2. The van der Waals surface area contributed by atoms with Gasteiger partial charge < -0.3 is 9.80 Å². The summed E-state index contributed by atoms with van der Waals surface area (Å²) >= 11 is 0. The van der Waals surface area contributed by atoms with Gasteiger partial charge in [0.25, 0.3) is 5.91 Å². The monoisotopic (exact) mass is 366 g/mol. The van der Waals surface area contributed by atoms with Crippen molar-refractivity contribution in [2.45, 2.75) is 45.1 Å². The maximum absolute atomic E-state index is 13.2. The van der Waals surface area contributed by atoms with Gasteiger partial charge in [-0.1, -0.05) is 0 Å². The molecule has 2 aliphatic rings. The molecule has 2 aromatic rings. The van der Waals surface area contributed by atoms with Crippen molar-refractivity contribution < 1.29 is 9.59 Å². The highest BCUT2D eigenvalue weighted by Gasteiger charge is 2.52. The van der Waals surface area contributed by atoms with Crippen LogP contribution in [0.25, 0.3) is 5.69 Å². The van der Waals surface area contributed by atoms with Crippen LogP contribution in [0.2, 0.25) is 0 Å². The normalized spacial score (nSPS) is 22.7. The number of aromatic nitrogens is 2. The topological polar surface area (TPSA) is 58.4 Å². The molecule has 4 rings (SSSR count). The molecule has 6 nitrogen and oxygen atoms in total. The van der Waals surface area contributed by atoms with E-state index in [0.29, 0.717) is 12.1 Å². The molecular weight excluding hydrogens is 340 g/mol. The van der Waals surface area contributed by atoms with Crippen molar-refractivity contribution in [1.29, 1.82) is 0 Å². The van der Waals surface area contributed by atoms with Crippen LogP contribution in [0, 0.1) is 13.8 Å². The molecule has 1 spiro atoms. The highest BCUT2D eigenvalue weighted by Crippen LogP contribution is 2.38. The quantitative estimate of drug-likeness (QED) is 0.821. The molecule has 2 fully saturated rings. The predicted molar refractivity (Wildman–Crippen MR) is 103 cm³/mol. The first-order chi connectivity index (χ1) is 12.9. The number of carbonyl (C=O) groups is 2. The first-order valence-corrected chi connectivity index (χ1v) is 9.64. The van der Waals surface area contributed by atoms with Crippen LogP contribution in [0.5, 0.6) is 0 Å². The lowest BCUT2D eigenvalue weighted by atomic mass is 9.85. The molecule has 27 heavy (non-hydrogen) atoms. The van der Waals surface area contributed by atoms with Crippen LogP contribution < -0.4 is 0 Å². The van der Waals surface area contributed by atoms with Crippen molar-refractivity contribution in [3.8, 4) is 5.69 Å². The van der Waals surface area contributed by atoms with Gasteiger partial charge in [-0.15, -0.1) is 0 Å². The van der Waals surface area contributed by atoms with Crippen molar-refractivity contribution >= 4 is 11.8 Å². The molecule has 2 saturated heterocycles. The van der Waals surface area contributed by atoms with Gasteiger partial charge in [-0.25, -0.2) is 4.68 Å². The van der Waals surface area contributed by atoms with Crippen LogP contribution >= 0.6 is 0 Å². The maximum Gasteiger partial charge on any atom is 0.254 e.